The number of fused-ring (bicyclic) bond motifs is 2. The number of rotatable bonds is 1. The van der Waals surface area contributed by atoms with Gasteiger partial charge in [0.2, 0.25) is 0 Å². The van der Waals surface area contributed by atoms with Gasteiger partial charge in [-0.05, 0) is 55.7 Å². The molecular formula is C19H26N2O2. The maximum atomic E-state index is 12.9. The van der Waals surface area contributed by atoms with E-state index in [2.05, 4.69) is 23.5 Å². The number of carbonyl (C=O) groups is 1. The lowest BCUT2D eigenvalue weighted by Crippen LogP contribution is -2.56. The zero-order valence-corrected chi connectivity index (χ0v) is 13.7. The second-order valence-electron chi connectivity index (χ2n) is 7.03. The van der Waals surface area contributed by atoms with E-state index in [-0.39, 0.29) is 18.2 Å². The van der Waals surface area contributed by atoms with Gasteiger partial charge in [0.15, 0.2) is 0 Å². The smallest absolute Gasteiger partial charge is 0.322 e. The molecule has 1 saturated carbocycles. The first kappa shape index (κ1) is 15.0. The Kier molecular flexibility index (Phi) is 4.25. The molecule has 23 heavy (non-hydrogen) atoms. The van der Waals surface area contributed by atoms with Crippen molar-refractivity contribution in [2.45, 2.75) is 63.5 Å². The van der Waals surface area contributed by atoms with Gasteiger partial charge in [-0.2, -0.15) is 0 Å². The molecule has 4 rings (SSSR count). The lowest BCUT2D eigenvalue weighted by Gasteiger charge is -2.43. The molecule has 3 aliphatic rings. The van der Waals surface area contributed by atoms with Crippen LogP contribution in [0.4, 0.5) is 10.5 Å². The third-order valence-corrected chi connectivity index (χ3v) is 5.63. The first-order valence-electron chi connectivity index (χ1n) is 9.13. The van der Waals surface area contributed by atoms with Gasteiger partial charge in [-0.15, -0.1) is 0 Å². The highest BCUT2D eigenvalue weighted by Gasteiger charge is 2.36. The van der Waals surface area contributed by atoms with Crippen LogP contribution in [0, 0.1) is 0 Å². The molecule has 4 nitrogen and oxygen atoms in total. The fourth-order valence-corrected chi connectivity index (χ4v) is 4.43. The van der Waals surface area contributed by atoms with Crippen molar-refractivity contribution < 1.29 is 9.53 Å². The average Bonchev–Trinajstić information content (AvgIpc) is 2.61. The van der Waals surface area contributed by atoms with Crippen molar-refractivity contribution >= 4 is 11.7 Å². The highest BCUT2D eigenvalue weighted by atomic mass is 16.5. The zero-order chi connectivity index (χ0) is 15.6. The van der Waals surface area contributed by atoms with Crippen LogP contribution in [0.1, 0.15) is 49.7 Å². The van der Waals surface area contributed by atoms with Crippen molar-refractivity contribution in [2.24, 2.45) is 0 Å². The molecule has 2 amide bonds. The normalized spacial score (nSPS) is 27.0. The molecule has 0 spiro atoms. The summed E-state index contributed by atoms with van der Waals surface area (Å²) in [4.78, 5) is 14.9. The van der Waals surface area contributed by atoms with Crippen LogP contribution in [0.25, 0.3) is 0 Å². The monoisotopic (exact) mass is 314 g/mol. The van der Waals surface area contributed by atoms with Gasteiger partial charge >= 0.3 is 6.03 Å². The van der Waals surface area contributed by atoms with Gasteiger partial charge in [0.25, 0.3) is 0 Å². The lowest BCUT2D eigenvalue weighted by atomic mass is 9.90. The van der Waals surface area contributed by atoms with Crippen LogP contribution in [0.5, 0.6) is 0 Å². The number of hydrogen-bond donors (Lipinski definition) is 1. The summed E-state index contributed by atoms with van der Waals surface area (Å²) in [5, 5.41) is 3.20. The Labute approximate surface area is 138 Å². The minimum atomic E-state index is 0.0594. The van der Waals surface area contributed by atoms with E-state index in [1.807, 2.05) is 4.90 Å². The number of hydrogen-bond acceptors (Lipinski definition) is 2. The number of nitrogens with one attached hydrogen (secondary N) is 1. The second kappa shape index (κ2) is 6.52. The minimum Gasteiger partial charge on any atom is -0.374 e. The molecule has 2 fully saturated rings. The molecule has 0 radical (unpaired) electrons. The number of amides is 2. The largest absolute Gasteiger partial charge is 0.374 e. The molecule has 2 atom stereocenters. The number of morpholine rings is 1. The van der Waals surface area contributed by atoms with Gasteiger partial charge in [0, 0.05) is 12.2 Å². The Morgan fingerprint density at radius 3 is 2.96 bits per heavy atom. The molecule has 1 aromatic rings. The molecule has 1 N–H and O–H groups in total. The van der Waals surface area contributed by atoms with E-state index in [0.29, 0.717) is 13.2 Å². The van der Waals surface area contributed by atoms with E-state index < -0.39 is 0 Å². The molecule has 0 bridgehead atoms. The van der Waals surface area contributed by atoms with Gasteiger partial charge in [0.05, 0.1) is 18.8 Å². The SMILES string of the molecule is O=C(Nc1cccc2c1CCCC2)N1CCOC2CCCCC21. The number of urea groups is 1. The zero-order valence-electron chi connectivity index (χ0n) is 13.7. The van der Waals surface area contributed by atoms with E-state index in [4.69, 9.17) is 4.74 Å². The maximum absolute atomic E-state index is 12.9. The summed E-state index contributed by atoms with van der Waals surface area (Å²) in [7, 11) is 0. The van der Waals surface area contributed by atoms with Crippen LogP contribution in [0.15, 0.2) is 18.2 Å². The predicted molar refractivity (Wildman–Crippen MR) is 90.8 cm³/mol. The summed E-state index contributed by atoms with van der Waals surface area (Å²) in [6, 6.07) is 6.65. The molecule has 1 heterocycles. The Hall–Kier alpha value is -1.55. The van der Waals surface area contributed by atoms with E-state index in [0.717, 1.165) is 31.4 Å². The third-order valence-electron chi connectivity index (χ3n) is 5.63. The first-order valence-corrected chi connectivity index (χ1v) is 9.13. The van der Waals surface area contributed by atoms with E-state index in [1.54, 1.807) is 0 Å². The average molecular weight is 314 g/mol. The molecule has 2 unspecified atom stereocenters. The van der Waals surface area contributed by atoms with Crippen molar-refractivity contribution in [3.63, 3.8) is 0 Å². The van der Waals surface area contributed by atoms with E-state index >= 15 is 0 Å². The number of anilines is 1. The summed E-state index contributed by atoms with van der Waals surface area (Å²) in [5.41, 5.74) is 3.78. The molecule has 2 aliphatic carbocycles. The summed E-state index contributed by atoms with van der Waals surface area (Å²) < 4.78 is 5.88. The van der Waals surface area contributed by atoms with Crippen molar-refractivity contribution in [3.05, 3.63) is 29.3 Å². The van der Waals surface area contributed by atoms with Crippen LogP contribution in [0.2, 0.25) is 0 Å². The highest BCUT2D eigenvalue weighted by Crippen LogP contribution is 2.31. The molecule has 0 aromatic heterocycles. The van der Waals surface area contributed by atoms with Crippen LogP contribution >= 0.6 is 0 Å². The summed E-state index contributed by atoms with van der Waals surface area (Å²) in [5.74, 6) is 0. The second-order valence-corrected chi connectivity index (χ2v) is 7.03. The van der Waals surface area contributed by atoms with Crippen molar-refractivity contribution in [3.8, 4) is 0 Å². The van der Waals surface area contributed by atoms with Crippen LogP contribution in [-0.4, -0.2) is 36.2 Å². The number of benzene rings is 1. The van der Waals surface area contributed by atoms with Crippen LogP contribution in [-0.2, 0) is 17.6 Å². The predicted octanol–water partition coefficient (Wildman–Crippen LogP) is 3.74. The molecular weight excluding hydrogens is 288 g/mol. The Morgan fingerprint density at radius 1 is 1.13 bits per heavy atom. The van der Waals surface area contributed by atoms with Crippen LogP contribution in [0.3, 0.4) is 0 Å². The fourth-order valence-electron chi connectivity index (χ4n) is 4.43. The fraction of sp³-hybridized carbons (Fsp3) is 0.632. The number of carbonyl (C=O) groups excluding carboxylic acids is 1. The van der Waals surface area contributed by atoms with Crippen molar-refractivity contribution in [1.82, 2.24) is 4.90 Å². The van der Waals surface area contributed by atoms with Gasteiger partial charge in [-0.1, -0.05) is 25.0 Å². The molecule has 4 heteroatoms. The molecule has 1 aromatic carbocycles. The quantitative estimate of drug-likeness (QED) is 0.858. The maximum Gasteiger partial charge on any atom is 0.322 e. The number of aryl methyl sites for hydroxylation is 1. The third kappa shape index (κ3) is 2.97. The molecule has 1 aliphatic heterocycles. The molecule has 124 valence electrons. The van der Waals surface area contributed by atoms with E-state index in [1.165, 1.54) is 36.8 Å². The van der Waals surface area contributed by atoms with Crippen molar-refractivity contribution in [1.29, 1.82) is 0 Å². The highest BCUT2D eigenvalue weighted by molar-refractivity contribution is 5.90. The first-order chi connectivity index (χ1) is 11.3. The van der Waals surface area contributed by atoms with Crippen LogP contribution < -0.4 is 5.32 Å². The molecule has 1 saturated heterocycles. The van der Waals surface area contributed by atoms with E-state index in [9.17, 15) is 4.79 Å². The van der Waals surface area contributed by atoms with Gasteiger partial charge in [-0.3, -0.25) is 0 Å². The summed E-state index contributed by atoms with van der Waals surface area (Å²) in [6.07, 6.45) is 9.55. The summed E-state index contributed by atoms with van der Waals surface area (Å²) in [6.45, 7) is 1.38. The Balaban J connectivity index is 1.51. The van der Waals surface area contributed by atoms with Gasteiger partial charge < -0.3 is 15.0 Å². The van der Waals surface area contributed by atoms with Gasteiger partial charge in [0.1, 0.15) is 0 Å². The number of ether oxygens (including phenoxy) is 1. The topological polar surface area (TPSA) is 41.6 Å². The lowest BCUT2D eigenvalue weighted by molar-refractivity contribution is -0.0694. The summed E-state index contributed by atoms with van der Waals surface area (Å²) >= 11 is 0. The minimum absolute atomic E-state index is 0.0594. The standard InChI is InChI=1S/C19H26N2O2/c22-19(21-12-13-23-18-11-4-3-10-17(18)21)20-16-9-5-7-14-6-1-2-8-15(14)16/h5,7,9,17-18H,1-4,6,8,10-13H2,(H,20,22). The van der Waals surface area contributed by atoms with Crippen molar-refractivity contribution in [2.75, 3.05) is 18.5 Å². The van der Waals surface area contributed by atoms with Gasteiger partial charge in [-0.25, -0.2) is 4.79 Å². The Morgan fingerprint density at radius 2 is 2.00 bits per heavy atom. The Bertz CT molecular complexity index is 585. The number of nitrogens with zero attached hydrogens (tertiary/aromatic N) is 1.